The number of aromatic nitrogens is 2. The van der Waals surface area contributed by atoms with E-state index in [2.05, 4.69) is 21.8 Å². The van der Waals surface area contributed by atoms with E-state index in [1.807, 2.05) is 30.3 Å². The van der Waals surface area contributed by atoms with Gasteiger partial charge >= 0.3 is 0 Å². The first-order valence-corrected chi connectivity index (χ1v) is 8.25. The van der Waals surface area contributed by atoms with Crippen LogP contribution in [0.2, 0.25) is 5.02 Å². The molecule has 2 heterocycles. The molecule has 0 radical (unpaired) electrons. The number of anilines is 2. The first-order chi connectivity index (χ1) is 11.2. The average Bonchev–Trinajstić information content (AvgIpc) is 3.08. The number of benzene rings is 1. The van der Waals surface area contributed by atoms with Gasteiger partial charge in [0.15, 0.2) is 0 Å². The van der Waals surface area contributed by atoms with E-state index in [1.54, 1.807) is 0 Å². The molecule has 1 fully saturated rings. The molecule has 1 saturated heterocycles. The zero-order valence-corrected chi connectivity index (χ0v) is 14.0. The van der Waals surface area contributed by atoms with Gasteiger partial charge in [-0.05, 0) is 31.0 Å². The van der Waals surface area contributed by atoms with Crippen LogP contribution in [-0.2, 0) is 11.3 Å². The highest BCUT2D eigenvalue weighted by Gasteiger charge is 2.21. The van der Waals surface area contributed by atoms with Crippen molar-refractivity contribution >= 4 is 23.4 Å². The molecule has 1 aliphatic rings. The topological polar surface area (TPSA) is 64.3 Å². The van der Waals surface area contributed by atoms with Crippen LogP contribution in [-0.4, -0.2) is 29.7 Å². The molecule has 0 unspecified atom stereocenters. The summed E-state index contributed by atoms with van der Waals surface area (Å²) in [5.41, 5.74) is 8.08. The van der Waals surface area contributed by atoms with E-state index >= 15 is 0 Å². The third-order valence-electron chi connectivity index (χ3n) is 4.09. The van der Waals surface area contributed by atoms with Crippen LogP contribution in [0.1, 0.15) is 30.5 Å². The van der Waals surface area contributed by atoms with Gasteiger partial charge in [-0.25, -0.2) is 4.98 Å². The van der Waals surface area contributed by atoms with Crippen molar-refractivity contribution < 1.29 is 4.74 Å². The SMILES string of the molecule is CCN(Cc1ccc(Cl)cc1)c1cc([C@H]2CCOC2)nc(N)n1. The van der Waals surface area contributed by atoms with Crippen LogP contribution in [0.4, 0.5) is 11.8 Å². The van der Waals surface area contributed by atoms with Crippen molar-refractivity contribution in [3.63, 3.8) is 0 Å². The predicted molar refractivity (Wildman–Crippen MR) is 92.8 cm³/mol. The van der Waals surface area contributed by atoms with E-state index in [1.165, 1.54) is 5.56 Å². The standard InChI is InChI=1S/C17H21ClN4O/c1-2-22(10-12-3-5-14(18)6-4-12)16-9-15(20-17(19)21-16)13-7-8-23-11-13/h3-6,9,13H,2,7-8,10-11H2,1H3,(H2,19,20,21)/t13-/m0/s1. The fourth-order valence-electron chi connectivity index (χ4n) is 2.78. The highest BCUT2D eigenvalue weighted by Crippen LogP contribution is 2.27. The number of halogens is 1. The number of hydrogen-bond donors (Lipinski definition) is 1. The van der Waals surface area contributed by atoms with Gasteiger partial charge in [-0.15, -0.1) is 0 Å². The summed E-state index contributed by atoms with van der Waals surface area (Å²) < 4.78 is 5.46. The third kappa shape index (κ3) is 3.92. The summed E-state index contributed by atoms with van der Waals surface area (Å²) in [6.07, 6.45) is 0.985. The summed E-state index contributed by atoms with van der Waals surface area (Å²) in [5, 5.41) is 0.742. The van der Waals surface area contributed by atoms with Gasteiger partial charge in [0.1, 0.15) is 5.82 Å². The van der Waals surface area contributed by atoms with Crippen molar-refractivity contribution in [1.29, 1.82) is 0 Å². The molecule has 2 aromatic rings. The van der Waals surface area contributed by atoms with Crippen molar-refractivity contribution in [1.82, 2.24) is 9.97 Å². The third-order valence-corrected chi connectivity index (χ3v) is 4.34. The number of nitrogens with two attached hydrogens (primary N) is 1. The number of nitrogen functional groups attached to an aromatic ring is 1. The Bertz CT molecular complexity index is 656. The van der Waals surface area contributed by atoms with Crippen molar-refractivity contribution in [3.8, 4) is 0 Å². The zero-order valence-electron chi connectivity index (χ0n) is 13.2. The van der Waals surface area contributed by atoms with Gasteiger partial charge in [0.05, 0.1) is 12.3 Å². The van der Waals surface area contributed by atoms with Crippen LogP contribution in [0.15, 0.2) is 30.3 Å². The van der Waals surface area contributed by atoms with Crippen LogP contribution in [0, 0.1) is 0 Å². The Hall–Kier alpha value is -1.85. The van der Waals surface area contributed by atoms with E-state index in [0.29, 0.717) is 18.5 Å². The lowest BCUT2D eigenvalue weighted by Crippen LogP contribution is -2.24. The van der Waals surface area contributed by atoms with Crippen LogP contribution in [0.25, 0.3) is 0 Å². The fourth-order valence-corrected chi connectivity index (χ4v) is 2.90. The molecule has 122 valence electrons. The Labute approximate surface area is 141 Å². The second-order valence-corrected chi connectivity index (χ2v) is 6.15. The predicted octanol–water partition coefficient (Wildman–Crippen LogP) is 3.24. The number of rotatable bonds is 5. The van der Waals surface area contributed by atoms with Crippen molar-refractivity contribution in [2.24, 2.45) is 0 Å². The van der Waals surface area contributed by atoms with Gasteiger partial charge in [0, 0.05) is 36.7 Å². The smallest absolute Gasteiger partial charge is 0.222 e. The molecule has 23 heavy (non-hydrogen) atoms. The Morgan fingerprint density at radius 1 is 1.30 bits per heavy atom. The van der Waals surface area contributed by atoms with E-state index < -0.39 is 0 Å². The number of hydrogen-bond acceptors (Lipinski definition) is 5. The Morgan fingerprint density at radius 3 is 2.74 bits per heavy atom. The fraction of sp³-hybridized carbons (Fsp3) is 0.412. The number of ether oxygens (including phenoxy) is 1. The summed E-state index contributed by atoms with van der Waals surface area (Å²) in [5.74, 6) is 1.49. The Balaban J connectivity index is 1.83. The highest BCUT2D eigenvalue weighted by atomic mass is 35.5. The van der Waals surface area contributed by atoms with Crippen LogP contribution in [0.3, 0.4) is 0 Å². The molecule has 6 heteroatoms. The van der Waals surface area contributed by atoms with Gasteiger partial charge in [0.25, 0.3) is 0 Å². The summed E-state index contributed by atoms with van der Waals surface area (Å²) >= 11 is 5.95. The molecule has 3 rings (SSSR count). The molecule has 0 bridgehead atoms. The maximum absolute atomic E-state index is 5.95. The van der Waals surface area contributed by atoms with Crippen molar-refractivity contribution in [2.45, 2.75) is 25.8 Å². The summed E-state index contributed by atoms with van der Waals surface area (Å²) in [4.78, 5) is 11.0. The highest BCUT2D eigenvalue weighted by molar-refractivity contribution is 6.30. The minimum absolute atomic E-state index is 0.313. The minimum atomic E-state index is 0.313. The molecule has 1 aromatic carbocycles. The van der Waals surface area contributed by atoms with Crippen LogP contribution in [0.5, 0.6) is 0 Å². The van der Waals surface area contributed by atoms with Gasteiger partial charge in [-0.1, -0.05) is 23.7 Å². The second-order valence-electron chi connectivity index (χ2n) is 5.71. The Morgan fingerprint density at radius 2 is 2.09 bits per heavy atom. The second kappa shape index (κ2) is 7.15. The lowest BCUT2D eigenvalue weighted by molar-refractivity contribution is 0.193. The molecule has 0 spiro atoms. The summed E-state index contributed by atoms with van der Waals surface area (Å²) in [6, 6.07) is 9.90. The molecule has 0 saturated carbocycles. The lowest BCUT2D eigenvalue weighted by atomic mass is 10.0. The lowest BCUT2D eigenvalue weighted by Gasteiger charge is -2.23. The average molecular weight is 333 g/mol. The number of nitrogens with zero attached hydrogens (tertiary/aromatic N) is 3. The molecule has 1 aliphatic heterocycles. The molecular weight excluding hydrogens is 312 g/mol. The molecule has 0 aliphatic carbocycles. The summed E-state index contributed by atoms with van der Waals surface area (Å²) in [7, 11) is 0. The molecule has 2 N–H and O–H groups in total. The molecular formula is C17H21ClN4O. The van der Waals surface area contributed by atoms with Crippen LogP contribution >= 0.6 is 11.6 Å². The molecule has 1 atom stereocenters. The zero-order chi connectivity index (χ0) is 16.2. The normalized spacial score (nSPS) is 17.4. The summed E-state index contributed by atoms with van der Waals surface area (Å²) in [6.45, 7) is 5.18. The van der Waals surface area contributed by atoms with Crippen LogP contribution < -0.4 is 10.6 Å². The molecule has 0 amide bonds. The van der Waals surface area contributed by atoms with Gasteiger partial charge in [0.2, 0.25) is 5.95 Å². The van der Waals surface area contributed by atoms with Crippen molar-refractivity contribution in [3.05, 3.63) is 46.6 Å². The van der Waals surface area contributed by atoms with E-state index in [4.69, 9.17) is 22.1 Å². The maximum Gasteiger partial charge on any atom is 0.222 e. The largest absolute Gasteiger partial charge is 0.381 e. The first-order valence-electron chi connectivity index (χ1n) is 7.87. The molecule has 5 nitrogen and oxygen atoms in total. The van der Waals surface area contributed by atoms with Crippen molar-refractivity contribution in [2.75, 3.05) is 30.4 Å². The van der Waals surface area contributed by atoms with E-state index in [9.17, 15) is 0 Å². The molecule has 1 aromatic heterocycles. The van der Waals surface area contributed by atoms with Gasteiger partial charge in [-0.2, -0.15) is 4.98 Å². The monoisotopic (exact) mass is 332 g/mol. The van der Waals surface area contributed by atoms with Gasteiger partial charge in [-0.3, -0.25) is 0 Å². The maximum atomic E-state index is 5.95. The quantitative estimate of drug-likeness (QED) is 0.910. The van der Waals surface area contributed by atoms with E-state index in [0.717, 1.165) is 42.7 Å². The van der Waals surface area contributed by atoms with Gasteiger partial charge < -0.3 is 15.4 Å². The van der Waals surface area contributed by atoms with E-state index in [-0.39, 0.29) is 0 Å². The minimum Gasteiger partial charge on any atom is -0.381 e. The Kier molecular flexibility index (Phi) is 4.98. The first kappa shape index (κ1) is 16.0.